The molecule has 0 saturated carbocycles. The third kappa shape index (κ3) is 6.65. The summed E-state index contributed by atoms with van der Waals surface area (Å²) in [5.74, 6) is -1.18. The van der Waals surface area contributed by atoms with Crippen molar-refractivity contribution in [3.8, 4) is 0 Å². The number of carbonyl (C=O) groups excluding carboxylic acids is 2. The molecule has 0 aliphatic rings. The monoisotopic (exact) mass is 422 g/mol. The molecule has 2 aromatic carbocycles. The number of halogens is 1. The summed E-state index contributed by atoms with van der Waals surface area (Å²) in [4.78, 5) is 25.2. The summed E-state index contributed by atoms with van der Waals surface area (Å²) in [6.07, 6.45) is 1.05. The molecule has 0 radical (unpaired) electrons. The van der Waals surface area contributed by atoms with Crippen LogP contribution >= 0.6 is 11.6 Å². The molecule has 2 N–H and O–H groups in total. The topological polar surface area (TPSA) is 92.3 Å². The van der Waals surface area contributed by atoms with Gasteiger partial charge in [0.1, 0.15) is 15.9 Å². The van der Waals surface area contributed by atoms with Gasteiger partial charge in [0.05, 0.1) is 5.75 Å². The molecule has 0 heterocycles. The molecule has 2 amide bonds. The lowest BCUT2D eigenvalue weighted by Gasteiger charge is -2.19. The quantitative estimate of drug-likeness (QED) is 0.716. The average molecular weight is 423 g/mol. The fraction of sp³-hybridized carbons (Fsp3) is 0.300. The maximum absolute atomic E-state index is 12.7. The number of anilines is 1. The summed E-state index contributed by atoms with van der Waals surface area (Å²) in [6, 6.07) is 11.0. The highest BCUT2D eigenvalue weighted by molar-refractivity contribution is 7.90. The van der Waals surface area contributed by atoms with Gasteiger partial charge in [0.25, 0.3) is 5.91 Å². The second kappa shape index (κ2) is 9.21. The van der Waals surface area contributed by atoms with Crippen molar-refractivity contribution in [1.29, 1.82) is 0 Å². The Hall–Kier alpha value is -2.38. The molecule has 6 nitrogen and oxygen atoms in total. The minimum Gasteiger partial charge on any atom is -0.340 e. The highest BCUT2D eigenvalue weighted by Crippen LogP contribution is 2.20. The zero-order valence-electron chi connectivity index (χ0n) is 16.0. The van der Waals surface area contributed by atoms with Gasteiger partial charge in [0.2, 0.25) is 5.91 Å². The van der Waals surface area contributed by atoms with Crippen molar-refractivity contribution in [3.63, 3.8) is 0 Å². The minimum absolute atomic E-state index is 0.0399. The van der Waals surface area contributed by atoms with Gasteiger partial charge in [-0.2, -0.15) is 0 Å². The van der Waals surface area contributed by atoms with Crippen molar-refractivity contribution in [2.75, 3.05) is 17.3 Å². The highest BCUT2D eigenvalue weighted by atomic mass is 35.5. The zero-order chi connectivity index (χ0) is 20.9. The van der Waals surface area contributed by atoms with Crippen LogP contribution in [0.2, 0.25) is 5.02 Å². The molecule has 150 valence electrons. The largest absolute Gasteiger partial charge is 0.340 e. The Morgan fingerprint density at radius 2 is 1.82 bits per heavy atom. The first-order chi connectivity index (χ1) is 13.0. The number of nitrogens with one attached hydrogen (secondary N) is 2. The van der Waals surface area contributed by atoms with Crippen molar-refractivity contribution in [3.05, 3.63) is 64.2 Å². The van der Waals surface area contributed by atoms with Gasteiger partial charge in [0.15, 0.2) is 0 Å². The fourth-order valence-electron chi connectivity index (χ4n) is 2.53. The number of aryl methyl sites for hydroxylation is 2. The first kappa shape index (κ1) is 21.9. The van der Waals surface area contributed by atoms with Crippen LogP contribution in [0, 0.1) is 13.8 Å². The predicted molar refractivity (Wildman–Crippen MR) is 112 cm³/mol. The number of rotatable bonds is 7. The van der Waals surface area contributed by atoms with E-state index in [1.54, 1.807) is 36.4 Å². The Morgan fingerprint density at radius 3 is 2.43 bits per heavy atom. The van der Waals surface area contributed by atoms with Gasteiger partial charge in [-0.15, -0.1) is 0 Å². The van der Waals surface area contributed by atoms with Gasteiger partial charge in [-0.25, -0.2) is 8.42 Å². The van der Waals surface area contributed by atoms with E-state index in [1.165, 1.54) is 0 Å². The summed E-state index contributed by atoms with van der Waals surface area (Å²) < 4.78 is 23.1. The molecule has 0 aliphatic heterocycles. The number of sulfone groups is 1. The normalized spacial score (nSPS) is 12.3. The van der Waals surface area contributed by atoms with E-state index in [4.69, 9.17) is 11.6 Å². The third-order valence-electron chi connectivity index (χ3n) is 4.12. The fourth-order valence-corrected chi connectivity index (χ4v) is 3.37. The van der Waals surface area contributed by atoms with E-state index in [9.17, 15) is 18.0 Å². The average Bonchev–Trinajstić information content (AvgIpc) is 2.60. The molecule has 0 saturated heterocycles. The van der Waals surface area contributed by atoms with E-state index in [2.05, 4.69) is 10.6 Å². The third-order valence-corrected chi connectivity index (χ3v) is 5.50. The number of amides is 2. The zero-order valence-corrected chi connectivity index (χ0v) is 17.5. The standard InChI is InChI=1S/C20H23ClN2O4S/c1-13-5-4-6-15(11-13)19(24)23-18(9-10-28(3,26)27)20(25)22-16-8-7-14(2)17(21)12-16/h4-8,11-12,18H,9-10H2,1-3H3,(H,22,25)(H,23,24)/t18-/m1/s1. The Kier molecular flexibility index (Phi) is 7.21. The maximum atomic E-state index is 12.7. The Morgan fingerprint density at radius 1 is 1.11 bits per heavy atom. The summed E-state index contributed by atoms with van der Waals surface area (Å²) in [5.41, 5.74) is 2.63. The first-order valence-electron chi connectivity index (χ1n) is 8.67. The van der Waals surface area contributed by atoms with Gasteiger partial charge in [-0.1, -0.05) is 35.4 Å². The van der Waals surface area contributed by atoms with Gasteiger partial charge >= 0.3 is 0 Å². The Labute approximate surface area is 170 Å². The van der Waals surface area contributed by atoms with Crippen LogP contribution in [0.25, 0.3) is 0 Å². The predicted octanol–water partition coefficient (Wildman–Crippen LogP) is 3.13. The van der Waals surface area contributed by atoms with Crippen LogP contribution in [0.1, 0.15) is 27.9 Å². The minimum atomic E-state index is -3.30. The molecule has 0 aromatic heterocycles. The molecule has 1 atom stereocenters. The number of benzene rings is 2. The molecule has 28 heavy (non-hydrogen) atoms. The van der Waals surface area contributed by atoms with Crippen molar-refractivity contribution in [1.82, 2.24) is 5.32 Å². The van der Waals surface area contributed by atoms with Crippen LogP contribution in [0.4, 0.5) is 5.69 Å². The number of carbonyl (C=O) groups is 2. The molecule has 8 heteroatoms. The van der Waals surface area contributed by atoms with Crippen molar-refractivity contribution >= 4 is 38.9 Å². The van der Waals surface area contributed by atoms with Crippen LogP contribution in [0.3, 0.4) is 0 Å². The summed E-state index contributed by atoms with van der Waals surface area (Å²) in [5, 5.41) is 5.81. The lowest BCUT2D eigenvalue weighted by molar-refractivity contribution is -0.118. The summed E-state index contributed by atoms with van der Waals surface area (Å²) in [6.45, 7) is 3.69. The van der Waals surface area contributed by atoms with Crippen LogP contribution in [-0.2, 0) is 14.6 Å². The van der Waals surface area contributed by atoms with Gasteiger partial charge in [-0.05, 0) is 50.1 Å². The van der Waals surface area contributed by atoms with Crippen molar-refractivity contribution in [2.45, 2.75) is 26.3 Å². The van der Waals surface area contributed by atoms with Crippen molar-refractivity contribution in [2.24, 2.45) is 0 Å². The summed E-state index contributed by atoms with van der Waals surface area (Å²) >= 11 is 6.08. The molecular weight excluding hydrogens is 400 g/mol. The van der Waals surface area contributed by atoms with Gasteiger partial charge in [-0.3, -0.25) is 9.59 Å². The van der Waals surface area contributed by atoms with Crippen LogP contribution < -0.4 is 10.6 Å². The van der Waals surface area contributed by atoms with Crippen LogP contribution in [-0.4, -0.2) is 38.3 Å². The Balaban J connectivity index is 2.18. The highest BCUT2D eigenvalue weighted by Gasteiger charge is 2.23. The van der Waals surface area contributed by atoms with Gasteiger partial charge < -0.3 is 10.6 Å². The second-order valence-corrected chi connectivity index (χ2v) is 9.43. The van der Waals surface area contributed by atoms with Crippen molar-refractivity contribution < 1.29 is 18.0 Å². The summed E-state index contributed by atoms with van der Waals surface area (Å²) in [7, 11) is -3.30. The molecule has 2 rings (SSSR count). The SMILES string of the molecule is Cc1cccc(C(=O)N[C@H](CCS(C)(=O)=O)C(=O)Nc2ccc(C)c(Cl)c2)c1. The number of hydrogen-bond donors (Lipinski definition) is 2. The number of hydrogen-bond acceptors (Lipinski definition) is 4. The molecular formula is C20H23ClN2O4S. The Bertz CT molecular complexity index is 989. The van der Waals surface area contributed by atoms with Crippen LogP contribution in [0.15, 0.2) is 42.5 Å². The van der Waals surface area contributed by atoms with E-state index in [-0.39, 0.29) is 12.2 Å². The van der Waals surface area contributed by atoms with E-state index in [0.717, 1.165) is 17.4 Å². The van der Waals surface area contributed by atoms with E-state index in [1.807, 2.05) is 19.9 Å². The van der Waals surface area contributed by atoms with Gasteiger partial charge in [0, 0.05) is 22.5 Å². The lowest BCUT2D eigenvalue weighted by Crippen LogP contribution is -2.44. The van der Waals surface area contributed by atoms with E-state index in [0.29, 0.717) is 16.3 Å². The molecule has 0 bridgehead atoms. The second-order valence-electron chi connectivity index (χ2n) is 6.77. The molecule has 0 aliphatic carbocycles. The molecule has 0 spiro atoms. The molecule has 2 aromatic rings. The lowest BCUT2D eigenvalue weighted by atomic mass is 10.1. The maximum Gasteiger partial charge on any atom is 0.251 e. The molecule has 0 fully saturated rings. The smallest absolute Gasteiger partial charge is 0.251 e. The van der Waals surface area contributed by atoms with E-state index >= 15 is 0 Å². The van der Waals surface area contributed by atoms with Crippen LogP contribution in [0.5, 0.6) is 0 Å². The first-order valence-corrected chi connectivity index (χ1v) is 11.1. The molecule has 0 unspecified atom stereocenters. The van der Waals surface area contributed by atoms with E-state index < -0.39 is 27.7 Å².